The third kappa shape index (κ3) is 1.22. The van der Waals surface area contributed by atoms with Crippen molar-refractivity contribution in [2.45, 2.75) is 6.92 Å². The van der Waals surface area contributed by atoms with Crippen molar-refractivity contribution in [1.29, 1.82) is 0 Å². The first-order valence-corrected chi connectivity index (χ1v) is 4.38. The monoisotopic (exact) mass is 206 g/mol. The van der Waals surface area contributed by atoms with Gasteiger partial charge in [-0.2, -0.15) is 0 Å². The fourth-order valence-corrected chi connectivity index (χ4v) is 1.54. The van der Waals surface area contributed by atoms with Crippen LogP contribution in [0.5, 0.6) is 23.0 Å². The van der Waals surface area contributed by atoms with Gasteiger partial charge in [-0.3, -0.25) is 0 Å². The van der Waals surface area contributed by atoms with E-state index in [-0.39, 0.29) is 0 Å². The Kier molecular flexibility index (Phi) is 1.86. The number of rotatable bonds is 0. The number of hydrogen-bond donors (Lipinski definition) is 4. The van der Waals surface area contributed by atoms with Gasteiger partial charge in [0, 0.05) is 10.8 Å². The summed E-state index contributed by atoms with van der Waals surface area (Å²) >= 11 is 0. The van der Waals surface area contributed by atoms with E-state index in [0.29, 0.717) is 10.8 Å². The van der Waals surface area contributed by atoms with E-state index in [2.05, 4.69) is 0 Å². The zero-order valence-electron chi connectivity index (χ0n) is 8.02. The molecule has 0 radical (unpaired) electrons. The van der Waals surface area contributed by atoms with Gasteiger partial charge in [-0.05, 0) is 13.0 Å². The summed E-state index contributed by atoms with van der Waals surface area (Å²) in [5.74, 6) is -2.27. The zero-order chi connectivity index (χ0) is 11.2. The van der Waals surface area contributed by atoms with Gasteiger partial charge in [0.25, 0.3) is 0 Å². The second-order valence-electron chi connectivity index (χ2n) is 3.44. The normalized spacial score (nSPS) is 10.7. The van der Waals surface area contributed by atoms with Crippen LogP contribution >= 0.6 is 0 Å². The number of fused-ring (bicyclic) bond motifs is 1. The summed E-state index contributed by atoms with van der Waals surface area (Å²) in [6.07, 6.45) is 0. The molecule has 0 aliphatic heterocycles. The van der Waals surface area contributed by atoms with Crippen LogP contribution in [0.15, 0.2) is 18.2 Å². The molecule has 0 atom stereocenters. The fourth-order valence-electron chi connectivity index (χ4n) is 1.54. The molecule has 4 nitrogen and oxygen atoms in total. The van der Waals surface area contributed by atoms with Crippen LogP contribution in [0.4, 0.5) is 0 Å². The minimum absolute atomic E-state index is 0.299. The van der Waals surface area contributed by atoms with Crippen LogP contribution in [0.3, 0.4) is 0 Å². The van der Waals surface area contributed by atoms with Gasteiger partial charge in [0.2, 0.25) is 11.5 Å². The van der Waals surface area contributed by atoms with Crippen LogP contribution in [-0.4, -0.2) is 20.4 Å². The van der Waals surface area contributed by atoms with Crippen molar-refractivity contribution in [3.8, 4) is 23.0 Å². The lowest BCUT2D eigenvalue weighted by Crippen LogP contribution is -1.81. The van der Waals surface area contributed by atoms with Gasteiger partial charge in [0.15, 0.2) is 11.5 Å². The molecule has 0 unspecified atom stereocenters. The van der Waals surface area contributed by atoms with Gasteiger partial charge < -0.3 is 20.4 Å². The van der Waals surface area contributed by atoms with Gasteiger partial charge in [0.05, 0.1) is 0 Å². The maximum atomic E-state index is 9.57. The number of benzene rings is 2. The van der Waals surface area contributed by atoms with Crippen LogP contribution in [0.1, 0.15) is 5.56 Å². The predicted octanol–water partition coefficient (Wildman–Crippen LogP) is 1.97. The molecule has 0 aliphatic rings. The molecule has 2 aromatic rings. The van der Waals surface area contributed by atoms with Crippen LogP contribution in [0.2, 0.25) is 0 Å². The zero-order valence-corrected chi connectivity index (χ0v) is 8.02. The fraction of sp³-hybridized carbons (Fsp3) is 0.0909. The van der Waals surface area contributed by atoms with Gasteiger partial charge in [-0.15, -0.1) is 0 Å². The molecule has 2 aromatic carbocycles. The van der Waals surface area contributed by atoms with Crippen molar-refractivity contribution in [2.24, 2.45) is 0 Å². The van der Waals surface area contributed by atoms with Crippen molar-refractivity contribution in [2.75, 3.05) is 0 Å². The predicted molar refractivity (Wildman–Crippen MR) is 55.3 cm³/mol. The quantitative estimate of drug-likeness (QED) is 0.392. The second-order valence-corrected chi connectivity index (χ2v) is 3.44. The average molecular weight is 206 g/mol. The summed E-state index contributed by atoms with van der Waals surface area (Å²) in [7, 11) is 0. The minimum Gasteiger partial charge on any atom is -0.504 e. The first-order valence-electron chi connectivity index (χ1n) is 4.38. The number of aromatic hydroxyl groups is 4. The highest BCUT2D eigenvalue weighted by atomic mass is 16.3. The Labute approximate surface area is 85.7 Å². The summed E-state index contributed by atoms with van der Waals surface area (Å²) in [4.78, 5) is 0. The van der Waals surface area contributed by atoms with Crippen LogP contribution in [-0.2, 0) is 0 Å². The Morgan fingerprint density at radius 2 is 1.27 bits per heavy atom. The highest BCUT2D eigenvalue weighted by Crippen LogP contribution is 2.48. The lowest BCUT2D eigenvalue weighted by Gasteiger charge is -2.08. The summed E-state index contributed by atoms with van der Waals surface area (Å²) in [6, 6.07) is 4.92. The van der Waals surface area contributed by atoms with Crippen LogP contribution in [0.25, 0.3) is 10.8 Å². The first kappa shape index (κ1) is 9.45. The molecule has 0 saturated heterocycles. The standard InChI is InChI=1S/C11H10O4/c1-5-2-3-6-7(4-5)9(13)11(15)10(14)8(6)12/h2-4,12-15H,1H3. The van der Waals surface area contributed by atoms with Gasteiger partial charge in [-0.1, -0.05) is 17.7 Å². The number of aryl methyl sites for hydroxylation is 1. The van der Waals surface area contributed by atoms with E-state index in [0.717, 1.165) is 5.56 Å². The van der Waals surface area contributed by atoms with Gasteiger partial charge in [0.1, 0.15) is 0 Å². The van der Waals surface area contributed by atoms with Crippen molar-refractivity contribution in [3.05, 3.63) is 23.8 Å². The van der Waals surface area contributed by atoms with Crippen molar-refractivity contribution in [3.63, 3.8) is 0 Å². The molecule has 0 bridgehead atoms. The molecule has 15 heavy (non-hydrogen) atoms. The lowest BCUT2D eigenvalue weighted by atomic mass is 10.0. The Morgan fingerprint density at radius 1 is 0.733 bits per heavy atom. The third-order valence-electron chi connectivity index (χ3n) is 2.36. The molecule has 0 amide bonds. The molecule has 0 saturated carbocycles. The Morgan fingerprint density at radius 3 is 1.87 bits per heavy atom. The number of phenolic OH excluding ortho intramolecular Hbond substituents is 4. The molecule has 2 rings (SSSR count). The molecule has 4 heteroatoms. The van der Waals surface area contributed by atoms with Gasteiger partial charge in [-0.25, -0.2) is 0 Å². The molecule has 78 valence electrons. The molecular formula is C11H10O4. The Bertz CT molecular complexity index is 546. The smallest absolute Gasteiger partial charge is 0.204 e. The molecular weight excluding hydrogens is 196 g/mol. The van der Waals surface area contributed by atoms with Crippen LogP contribution < -0.4 is 0 Å². The maximum Gasteiger partial charge on any atom is 0.204 e. The van der Waals surface area contributed by atoms with Crippen molar-refractivity contribution in [1.82, 2.24) is 0 Å². The second kappa shape index (κ2) is 2.95. The van der Waals surface area contributed by atoms with E-state index in [9.17, 15) is 20.4 Å². The molecule has 0 aromatic heterocycles. The van der Waals surface area contributed by atoms with E-state index in [1.807, 2.05) is 6.92 Å². The molecule has 4 N–H and O–H groups in total. The molecule has 0 spiro atoms. The summed E-state index contributed by atoms with van der Waals surface area (Å²) in [5, 5.41) is 38.3. The number of phenols is 4. The SMILES string of the molecule is Cc1ccc2c(O)c(O)c(O)c(O)c2c1. The maximum absolute atomic E-state index is 9.57. The van der Waals surface area contributed by atoms with E-state index < -0.39 is 23.0 Å². The molecule has 0 fully saturated rings. The largest absolute Gasteiger partial charge is 0.504 e. The van der Waals surface area contributed by atoms with Crippen molar-refractivity contribution >= 4 is 10.8 Å². The van der Waals surface area contributed by atoms with E-state index in [1.165, 1.54) is 0 Å². The van der Waals surface area contributed by atoms with E-state index in [1.54, 1.807) is 18.2 Å². The number of hydrogen-bond acceptors (Lipinski definition) is 4. The summed E-state index contributed by atoms with van der Waals surface area (Å²) in [6.45, 7) is 1.82. The first-order chi connectivity index (χ1) is 7.02. The highest BCUT2D eigenvalue weighted by Gasteiger charge is 2.17. The Hall–Kier alpha value is -2.10. The van der Waals surface area contributed by atoms with Crippen LogP contribution in [0, 0.1) is 6.92 Å². The third-order valence-corrected chi connectivity index (χ3v) is 2.36. The minimum atomic E-state index is -0.705. The van der Waals surface area contributed by atoms with E-state index in [4.69, 9.17) is 0 Å². The average Bonchev–Trinajstić information content (AvgIpc) is 2.23. The summed E-state index contributed by atoms with van der Waals surface area (Å²) in [5.41, 5.74) is 0.877. The van der Waals surface area contributed by atoms with E-state index >= 15 is 0 Å². The lowest BCUT2D eigenvalue weighted by molar-refractivity contribution is 0.351. The molecule has 0 heterocycles. The topological polar surface area (TPSA) is 80.9 Å². The molecule has 0 aliphatic carbocycles. The summed E-state index contributed by atoms with van der Waals surface area (Å²) < 4.78 is 0. The Balaban J connectivity index is 3.00. The van der Waals surface area contributed by atoms with Gasteiger partial charge >= 0.3 is 0 Å². The highest BCUT2D eigenvalue weighted by molar-refractivity contribution is 5.98. The van der Waals surface area contributed by atoms with Crippen molar-refractivity contribution < 1.29 is 20.4 Å².